The zero-order valence-corrected chi connectivity index (χ0v) is 11.9. The minimum atomic E-state index is -4.19. The van der Waals surface area contributed by atoms with Gasteiger partial charge in [0, 0.05) is 0 Å². The van der Waals surface area contributed by atoms with E-state index in [0.29, 0.717) is 0 Å². The Balaban J connectivity index is 2.67. The number of carboxylic acid groups (broad SMARTS) is 2. The van der Waals surface area contributed by atoms with E-state index >= 15 is 0 Å². The van der Waals surface area contributed by atoms with Crippen molar-refractivity contribution in [3.8, 4) is 0 Å². The van der Waals surface area contributed by atoms with Crippen molar-refractivity contribution in [1.82, 2.24) is 0 Å². The third-order valence-electron chi connectivity index (χ3n) is 2.95. The SMILES string of the molecule is Nc1cc(C(=O)O)ccc1S(=O)(=O)c1ccccc1C(=O)O. The average Bonchev–Trinajstić information content (AvgIpc) is 2.46. The number of nitrogens with two attached hydrogens (primary N) is 1. The van der Waals surface area contributed by atoms with Gasteiger partial charge in [-0.2, -0.15) is 0 Å². The predicted octanol–water partition coefficient (Wildman–Crippen LogP) is 1.50. The molecule has 0 unspecified atom stereocenters. The molecule has 0 bridgehead atoms. The van der Waals surface area contributed by atoms with Gasteiger partial charge in [-0.05, 0) is 30.3 Å². The van der Waals surface area contributed by atoms with Crippen LogP contribution in [0.1, 0.15) is 20.7 Å². The van der Waals surface area contributed by atoms with Crippen molar-refractivity contribution < 1.29 is 28.2 Å². The molecular weight excluding hydrogens is 310 g/mol. The van der Waals surface area contributed by atoms with Crippen molar-refractivity contribution in [3.05, 3.63) is 53.6 Å². The van der Waals surface area contributed by atoms with Gasteiger partial charge in [0.25, 0.3) is 0 Å². The largest absolute Gasteiger partial charge is 0.478 e. The normalized spacial score (nSPS) is 11.1. The third kappa shape index (κ3) is 2.63. The highest BCUT2D eigenvalue weighted by molar-refractivity contribution is 7.91. The second-order valence-corrected chi connectivity index (χ2v) is 6.25. The van der Waals surface area contributed by atoms with E-state index < -0.39 is 26.7 Å². The van der Waals surface area contributed by atoms with Crippen LogP contribution in [0.4, 0.5) is 5.69 Å². The molecule has 22 heavy (non-hydrogen) atoms. The number of hydrogen-bond acceptors (Lipinski definition) is 5. The van der Waals surface area contributed by atoms with Gasteiger partial charge in [0.2, 0.25) is 9.84 Å². The quantitative estimate of drug-likeness (QED) is 0.726. The maximum atomic E-state index is 12.6. The second kappa shape index (κ2) is 5.49. The van der Waals surface area contributed by atoms with E-state index in [1.807, 2.05) is 0 Å². The summed E-state index contributed by atoms with van der Waals surface area (Å²) in [6.07, 6.45) is 0. The van der Waals surface area contributed by atoms with Gasteiger partial charge in [-0.25, -0.2) is 18.0 Å². The standard InChI is InChI=1S/C14H11NO6S/c15-10-7-8(13(16)17)5-6-12(10)22(20,21)11-4-2-1-3-9(11)14(18)19/h1-7H,15H2,(H,16,17)(H,18,19). The van der Waals surface area contributed by atoms with E-state index in [1.165, 1.54) is 12.1 Å². The summed E-state index contributed by atoms with van der Waals surface area (Å²) in [6, 6.07) is 8.27. The molecule has 2 aromatic rings. The van der Waals surface area contributed by atoms with Gasteiger partial charge in [0.1, 0.15) is 0 Å². The number of anilines is 1. The molecule has 0 fully saturated rings. The van der Waals surface area contributed by atoms with Crippen LogP contribution in [0.5, 0.6) is 0 Å². The molecule has 0 heterocycles. The van der Waals surface area contributed by atoms with Crippen molar-refractivity contribution in [2.24, 2.45) is 0 Å². The zero-order valence-electron chi connectivity index (χ0n) is 11.1. The summed E-state index contributed by atoms with van der Waals surface area (Å²) < 4.78 is 25.1. The van der Waals surface area contributed by atoms with Crippen LogP contribution in [0.25, 0.3) is 0 Å². The molecule has 0 aliphatic carbocycles. The van der Waals surface area contributed by atoms with E-state index in [2.05, 4.69) is 0 Å². The topological polar surface area (TPSA) is 135 Å². The lowest BCUT2D eigenvalue weighted by Crippen LogP contribution is -2.12. The number of carbonyl (C=O) groups is 2. The molecule has 114 valence electrons. The van der Waals surface area contributed by atoms with E-state index in [0.717, 1.165) is 30.3 Å². The molecule has 0 aliphatic rings. The predicted molar refractivity (Wildman–Crippen MR) is 76.7 cm³/mol. The lowest BCUT2D eigenvalue weighted by Gasteiger charge is -2.10. The zero-order chi connectivity index (χ0) is 16.5. The van der Waals surface area contributed by atoms with Crippen LogP contribution in [0.2, 0.25) is 0 Å². The van der Waals surface area contributed by atoms with E-state index in [9.17, 15) is 18.0 Å². The highest BCUT2D eigenvalue weighted by Gasteiger charge is 2.26. The second-order valence-electron chi connectivity index (χ2n) is 4.36. The summed E-state index contributed by atoms with van der Waals surface area (Å²) in [5, 5.41) is 17.9. The van der Waals surface area contributed by atoms with Crippen molar-refractivity contribution in [3.63, 3.8) is 0 Å². The molecule has 7 nitrogen and oxygen atoms in total. The maximum absolute atomic E-state index is 12.6. The number of aromatic carboxylic acids is 2. The molecule has 0 amide bonds. The average molecular weight is 321 g/mol. The van der Waals surface area contributed by atoms with Crippen molar-refractivity contribution in [1.29, 1.82) is 0 Å². The van der Waals surface area contributed by atoms with Crippen LogP contribution in [0, 0.1) is 0 Å². The van der Waals surface area contributed by atoms with Gasteiger partial charge in [-0.15, -0.1) is 0 Å². The fraction of sp³-hybridized carbons (Fsp3) is 0. The molecule has 0 radical (unpaired) electrons. The van der Waals surface area contributed by atoms with Crippen LogP contribution in [-0.4, -0.2) is 30.6 Å². The van der Waals surface area contributed by atoms with Gasteiger partial charge in [-0.1, -0.05) is 12.1 Å². The first-order valence-electron chi connectivity index (χ1n) is 5.95. The number of hydrogen-bond donors (Lipinski definition) is 3. The molecule has 2 aromatic carbocycles. The van der Waals surface area contributed by atoms with Crippen molar-refractivity contribution in [2.45, 2.75) is 9.79 Å². The summed E-state index contributed by atoms with van der Waals surface area (Å²) >= 11 is 0. The van der Waals surface area contributed by atoms with Gasteiger partial charge >= 0.3 is 11.9 Å². The molecular formula is C14H11NO6S. The van der Waals surface area contributed by atoms with E-state index in [1.54, 1.807) is 0 Å². The first-order chi connectivity index (χ1) is 10.2. The molecule has 4 N–H and O–H groups in total. The summed E-state index contributed by atoms with van der Waals surface area (Å²) in [4.78, 5) is 21.3. The maximum Gasteiger partial charge on any atom is 0.337 e. The van der Waals surface area contributed by atoms with Crippen LogP contribution in [0.3, 0.4) is 0 Å². The van der Waals surface area contributed by atoms with Crippen LogP contribution in [-0.2, 0) is 9.84 Å². The van der Waals surface area contributed by atoms with Crippen LogP contribution < -0.4 is 5.73 Å². The Labute approximate surface area is 125 Å². The Morgan fingerprint density at radius 1 is 0.909 bits per heavy atom. The molecule has 8 heteroatoms. The Morgan fingerprint density at radius 2 is 1.55 bits per heavy atom. The first-order valence-corrected chi connectivity index (χ1v) is 7.43. The third-order valence-corrected chi connectivity index (χ3v) is 4.84. The summed E-state index contributed by atoms with van der Waals surface area (Å²) in [5.74, 6) is -2.64. The number of rotatable bonds is 4. The molecule has 0 spiro atoms. The molecule has 0 aliphatic heterocycles. The Hall–Kier alpha value is -2.87. The van der Waals surface area contributed by atoms with Crippen molar-refractivity contribution in [2.75, 3.05) is 5.73 Å². The lowest BCUT2D eigenvalue weighted by atomic mass is 10.2. The number of nitrogen functional groups attached to an aromatic ring is 1. The Morgan fingerprint density at radius 3 is 2.09 bits per heavy atom. The molecule has 0 saturated heterocycles. The number of benzene rings is 2. The van der Waals surface area contributed by atoms with Crippen LogP contribution >= 0.6 is 0 Å². The van der Waals surface area contributed by atoms with Gasteiger partial charge in [-0.3, -0.25) is 0 Å². The van der Waals surface area contributed by atoms with E-state index in [-0.39, 0.29) is 21.7 Å². The fourth-order valence-corrected chi connectivity index (χ4v) is 3.48. The number of carboxylic acids is 2. The van der Waals surface area contributed by atoms with Gasteiger partial charge in [0.15, 0.2) is 0 Å². The van der Waals surface area contributed by atoms with Gasteiger partial charge < -0.3 is 15.9 Å². The summed E-state index contributed by atoms with van der Waals surface area (Å²) in [7, 11) is -4.19. The van der Waals surface area contributed by atoms with Crippen molar-refractivity contribution >= 4 is 27.5 Å². The number of sulfone groups is 1. The monoisotopic (exact) mass is 321 g/mol. The molecule has 0 atom stereocenters. The van der Waals surface area contributed by atoms with E-state index in [4.69, 9.17) is 15.9 Å². The molecule has 0 aromatic heterocycles. The minimum absolute atomic E-state index is 0.164. The lowest BCUT2D eigenvalue weighted by molar-refractivity contribution is 0.0684. The van der Waals surface area contributed by atoms with Crippen LogP contribution in [0.15, 0.2) is 52.3 Å². The Bertz CT molecular complexity index is 873. The molecule has 2 rings (SSSR count). The fourth-order valence-electron chi connectivity index (χ4n) is 1.92. The van der Waals surface area contributed by atoms with Gasteiger partial charge in [0.05, 0.1) is 26.6 Å². The summed E-state index contributed by atoms with van der Waals surface area (Å²) in [6.45, 7) is 0. The molecule has 0 saturated carbocycles. The first kappa shape index (κ1) is 15.5. The highest BCUT2D eigenvalue weighted by atomic mass is 32.2. The Kier molecular flexibility index (Phi) is 3.87. The summed E-state index contributed by atoms with van der Waals surface area (Å²) in [5.41, 5.74) is 4.81. The minimum Gasteiger partial charge on any atom is -0.478 e. The highest BCUT2D eigenvalue weighted by Crippen LogP contribution is 2.28. The smallest absolute Gasteiger partial charge is 0.337 e.